The molecule has 2 nitrogen and oxygen atoms in total. The highest BCUT2D eigenvalue weighted by Gasteiger charge is 2.16. The molecule has 0 bridgehead atoms. The first-order valence-electron chi connectivity index (χ1n) is 4.09. The zero-order chi connectivity index (χ0) is 9.68. The third-order valence-electron chi connectivity index (χ3n) is 1.82. The molecule has 0 saturated heterocycles. The standard InChI is InChI=1S/C10H13NOS/c1-11-10(12)9(13-2)8-6-4-3-5-7-8/h3-7,9H,1-2H3,(H,11,12). The van der Waals surface area contributed by atoms with Crippen LogP contribution < -0.4 is 5.32 Å². The van der Waals surface area contributed by atoms with E-state index in [1.165, 1.54) is 0 Å². The molecule has 0 aliphatic carbocycles. The monoisotopic (exact) mass is 195 g/mol. The van der Waals surface area contributed by atoms with Crippen LogP contribution >= 0.6 is 11.8 Å². The van der Waals surface area contributed by atoms with Crippen LogP contribution in [0.25, 0.3) is 0 Å². The minimum absolute atomic E-state index is 0.0544. The van der Waals surface area contributed by atoms with Crippen LogP contribution in [0.2, 0.25) is 0 Å². The van der Waals surface area contributed by atoms with E-state index >= 15 is 0 Å². The summed E-state index contributed by atoms with van der Waals surface area (Å²) in [5.74, 6) is 0.0544. The summed E-state index contributed by atoms with van der Waals surface area (Å²) in [4.78, 5) is 11.4. The average Bonchev–Trinajstić information content (AvgIpc) is 2.20. The van der Waals surface area contributed by atoms with Crippen molar-refractivity contribution in [2.45, 2.75) is 5.25 Å². The number of likely N-dealkylation sites (N-methyl/N-ethyl adjacent to an activating group) is 1. The Bertz CT molecular complexity index is 274. The van der Waals surface area contributed by atoms with Crippen molar-refractivity contribution in [2.75, 3.05) is 13.3 Å². The number of benzene rings is 1. The van der Waals surface area contributed by atoms with E-state index in [1.807, 2.05) is 36.6 Å². The summed E-state index contributed by atoms with van der Waals surface area (Å²) in [6.07, 6.45) is 1.94. The van der Waals surface area contributed by atoms with Gasteiger partial charge in [0.2, 0.25) is 5.91 Å². The van der Waals surface area contributed by atoms with Gasteiger partial charge in [0.05, 0.1) is 0 Å². The molecule has 0 aromatic heterocycles. The predicted octanol–water partition coefficient (Wildman–Crippen LogP) is 1.84. The first-order valence-corrected chi connectivity index (χ1v) is 5.37. The maximum absolute atomic E-state index is 11.4. The zero-order valence-electron chi connectivity index (χ0n) is 7.78. The molecular weight excluding hydrogens is 182 g/mol. The number of rotatable bonds is 3. The van der Waals surface area contributed by atoms with Crippen LogP contribution in [0.15, 0.2) is 30.3 Å². The highest BCUT2D eigenvalue weighted by Crippen LogP contribution is 2.25. The Balaban J connectivity index is 2.85. The minimum atomic E-state index is -0.0915. The Morgan fingerprint density at radius 2 is 2.00 bits per heavy atom. The molecule has 1 N–H and O–H groups in total. The Hall–Kier alpha value is -0.960. The van der Waals surface area contributed by atoms with Gasteiger partial charge in [0.25, 0.3) is 0 Å². The number of carbonyl (C=O) groups is 1. The van der Waals surface area contributed by atoms with Crippen LogP contribution in [-0.2, 0) is 4.79 Å². The van der Waals surface area contributed by atoms with Gasteiger partial charge in [-0.1, -0.05) is 30.3 Å². The fraction of sp³-hybridized carbons (Fsp3) is 0.300. The van der Waals surface area contributed by atoms with E-state index in [1.54, 1.807) is 18.8 Å². The number of carbonyl (C=O) groups excluding carboxylic acids is 1. The molecule has 3 heteroatoms. The molecular formula is C10H13NOS. The molecule has 1 aromatic rings. The second kappa shape index (κ2) is 4.92. The van der Waals surface area contributed by atoms with Crippen molar-refractivity contribution in [3.63, 3.8) is 0 Å². The molecule has 0 radical (unpaired) electrons. The number of hydrogen-bond acceptors (Lipinski definition) is 2. The van der Waals surface area contributed by atoms with Crippen LogP contribution in [0, 0.1) is 0 Å². The van der Waals surface area contributed by atoms with E-state index < -0.39 is 0 Å². The molecule has 0 aliphatic heterocycles. The van der Waals surface area contributed by atoms with Crippen LogP contribution in [-0.4, -0.2) is 19.2 Å². The quantitative estimate of drug-likeness (QED) is 0.797. The van der Waals surface area contributed by atoms with Crippen molar-refractivity contribution in [3.8, 4) is 0 Å². The SMILES string of the molecule is CNC(=O)C(SC)c1ccccc1. The third kappa shape index (κ3) is 2.49. The summed E-state index contributed by atoms with van der Waals surface area (Å²) >= 11 is 1.54. The number of hydrogen-bond donors (Lipinski definition) is 1. The van der Waals surface area contributed by atoms with Gasteiger partial charge < -0.3 is 5.32 Å². The molecule has 1 amide bonds. The topological polar surface area (TPSA) is 29.1 Å². The molecule has 0 spiro atoms. The van der Waals surface area contributed by atoms with Crippen molar-refractivity contribution in [3.05, 3.63) is 35.9 Å². The summed E-state index contributed by atoms with van der Waals surface area (Å²) in [5, 5.41) is 2.56. The maximum atomic E-state index is 11.4. The Kier molecular flexibility index (Phi) is 3.83. The van der Waals surface area contributed by atoms with Crippen LogP contribution in [0.4, 0.5) is 0 Å². The lowest BCUT2D eigenvalue weighted by Gasteiger charge is -2.12. The first kappa shape index (κ1) is 10.1. The van der Waals surface area contributed by atoms with E-state index in [2.05, 4.69) is 5.32 Å². The molecule has 0 aliphatic rings. The van der Waals surface area contributed by atoms with Gasteiger partial charge in [-0.15, -0.1) is 11.8 Å². The normalized spacial score (nSPS) is 12.2. The number of thioether (sulfide) groups is 1. The lowest BCUT2D eigenvalue weighted by atomic mass is 10.1. The van der Waals surface area contributed by atoms with E-state index in [-0.39, 0.29) is 11.2 Å². The van der Waals surface area contributed by atoms with Gasteiger partial charge in [-0.3, -0.25) is 4.79 Å². The fourth-order valence-electron chi connectivity index (χ4n) is 1.15. The smallest absolute Gasteiger partial charge is 0.237 e. The molecule has 1 rings (SSSR count). The highest BCUT2D eigenvalue weighted by molar-refractivity contribution is 7.99. The minimum Gasteiger partial charge on any atom is -0.358 e. The molecule has 13 heavy (non-hydrogen) atoms. The van der Waals surface area contributed by atoms with E-state index in [0.29, 0.717) is 0 Å². The molecule has 1 atom stereocenters. The van der Waals surface area contributed by atoms with E-state index in [4.69, 9.17) is 0 Å². The molecule has 0 fully saturated rings. The molecule has 1 unspecified atom stereocenters. The van der Waals surface area contributed by atoms with Crippen LogP contribution in [0.1, 0.15) is 10.8 Å². The summed E-state index contributed by atoms with van der Waals surface area (Å²) in [6, 6.07) is 9.78. The first-order chi connectivity index (χ1) is 6.29. The third-order valence-corrected chi connectivity index (χ3v) is 2.78. The van der Waals surface area contributed by atoms with Gasteiger partial charge in [-0.2, -0.15) is 0 Å². The molecule has 0 heterocycles. The van der Waals surface area contributed by atoms with Gasteiger partial charge in [-0.05, 0) is 11.8 Å². The summed E-state index contributed by atoms with van der Waals surface area (Å²) < 4.78 is 0. The van der Waals surface area contributed by atoms with Gasteiger partial charge in [0.15, 0.2) is 0 Å². The van der Waals surface area contributed by atoms with Crippen molar-refractivity contribution in [2.24, 2.45) is 0 Å². The molecule has 0 saturated carbocycles. The lowest BCUT2D eigenvalue weighted by Crippen LogP contribution is -2.23. The van der Waals surface area contributed by atoms with Crippen LogP contribution in [0.5, 0.6) is 0 Å². The maximum Gasteiger partial charge on any atom is 0.237 e. The summed E-state index contributed by atoms with van der Waals surface area (Å²) in [5.41, 5.74) is 1.05. The molecule has 1 aromatic carbocycles. The lowest BCUT2D eigenvalue weighted by molar-refractivity contribution is -0.120. The van der Waals surface area contributed by atoms with E-state index in [0.717, 1.165) is 5.56 Å². The van der Waals surface area contributed by atoms with Crippen molar-refractivity contribution in [1.82, 2.24) is 5.32 Å². The van der Waals surface area contributed by atoms with Gasteiger partial charge in [0.1, 0.15) is 5.25 Å². The van der Waals surface area contributed by atoms with Gasteiger partial charge in [0, 0.05) is 7.05 Å². The van der Waals surface area contributed by atoms with Crippen LogP contribution in [0.3, 0.4) is 0 Å². The molecule has 70 valence electrons. The number of nitrogens with one attached hydrogen (secondary N) is 1. The zero-order valence-corrected chi connectivity index (χ0v) is 8.60. The largest absolute Gasteiger partial charge is 0.358 e. The predicted molar refractivity (Wildman–Crippen MR) is 56.8 cm³/mol. The fourth-order valence-corrected chi connectivity index (χ4v) is 1.91. The van der Waals surface area contributed by atoms with Crippen molar-refractivity contribution >= 4 is 17.7 Å². The van der Waals surface area contributed by atoms with Gasteiger partial charge >= 0.3 is 0 Å². The Labute approximate surface area is 82.7 Å². The Morgan fingerprint density at radius 1 is 1.38 bits per heavy atom. The van der Waals surface area contributed by atoms with Crippen molar-refractivity contribution in [1.29, 1.82) is 0 Å². The second-order valence-electron chi connectivity index (χ2n) is 2.64. The Morgan fingerprint density at radius 3 is 2.46 bits per heavy atom. The van der Waals surface area contributed by atoms with E-state index in [9.17, 15) is 4.79 Å². The van der Waals surface area contributed by atoms with Gasteiger partial charge in [-0.25, -0.2) is 0 Å². The van der Waals surface area contributed by atoms with Crippen molar-refractivity contribution < 1.29 is 4.79 Å². The highest BCUT2D eigenvalue weighted by atomic mass is 32.2. The average molecular weight is 195 g/mol. The summed E-state index contributed by atoms with van der Waals surface area (Å²) in [6.45, 7) is 0. The summed E-state index contributed by atoms with van der Waals surface area (Å²) in [7, 11) is 1.66. The second-order valence-corrected chi connectivity index (χ2v) is 3.58. The number of amides is 1.